The zero-order valence-electron chi connectivity index (χ0n) is 18.7. The molecule has 174 valence electrons. The number of aliphatic hydroxyl groups is 1. The Morgan fingerprint density at radius 1 is 1.12 bits per heavy atom. The summed E-state index contributed by atoms with van der Waals surface area (Å²) in [4.78, 5) is 9.53. The summed E-state index contributed by atoms with van der Waals surface area (Å²) in [5.74, 6) is 1.69. The molecule has 5 aliphatic rings. The van der Waals surface area contributed by atoms with E-state index >= 15 is 0 Å². The number of aromatic nitrogens is 5. The predicted molar refractivity (Wildman–Crippen MR) is 124 cm³/mol. The third-order valence-electron chi connectivity index (χ3n) is 8.47. The molecule has 5 heterocycles. The van der Waals surface area contributed by atoms with Gasteiger partial charge in [0.1, 0.15) is 11.5 Å². The molecule has 3 aromatic rings. The van der Waals surface area contributed by atoms with Gasteiger partial charge in [0.25, 0.3) is 0 Å². The standard InChI is InChI=1S/C23H28ClN7O2/c1-22(14-33-13-19(22)32)29-4-2-28(3-5-29)21-18(24)6-16-10-26-31(20(16)27-21)17-11-25-30(12-17)23-7-15(8-23)9-23/h6,10-12,15,19,32H,2-5,7-9,13-14H2,1H3. The van der Waals surface area contributed by atoms with Crippen molar-refractivity contribution in [1.29, 1.82) is 0 Å². The highest BCUT2D eigenvalue weighted by molar-refractivity contribution is 6.33. The number of ether oxygens (including phenoxy) is 1. The molecule has 0 amide bonds. The van der Waals surface area contributed by atoms with Gasteiger partial charge in [-0.15, -0.1) is 0 Å². The van der Waals surface area contributed by atoms with Crippen LogP contribution < -0.4 is 4.90 Å². The third-order valence-corrected chi connectivity index (χ3v) is 8.75. The van der Waals surface area contributed by atoms with E-state index in [1.807, 2.05) is 23.1 Å². The lowest BCUT2D eigenvalue weighted by Gasteiger charge is -2.61. The maximum absolute atomic E-state index is 10.4. The van der Waals surface area contributed by atoms with Crippen molar-refractivity contribution in [1.82, 2.24) is 29.4 Å². The van der Waals surface area contributed by atoms with Crippen molar-refractivity contribution in [3.8, 4) is 5.69 Å². The lowest BCUT2D eigenvalue weighted by Crippen LogP contribution is -2.60. The molecule has 0 spiro atoms. The lowest BCUT2D eigenvalue weighted by molar-refractivity contribution is -0.0977. The molecule has 2 bridgehead atoms. The summed E-state index contributed by atoms with van der Waals surface area (Å²) < 4.78 is 9.53. The van der Waals surface area contributed by atoms with Crippen molar-refractivity contribution in [3.63, 3.8) is 0 Å². The van der Waals surface area contributed by atoms with Crippen molar-refractivity contribution < 1.29 is 9.84 Å². The van der Waals surface area contributed by atoms with Gasteiger partial charge in [-0.05, 0) is 38.2 Å². The van der Waals surface area contributed by atoms with Crippen LogP contribution in [0.2, 0.25) is 5.02 Å². The molecule has 2 saturated heterocycles. The Bertz CT molecular complexity index is 1220. The molecule has 9 nitrogen and oxygen atoms in total. The highest BCUT2D eigenvalue weighted by Crippen LogP contribution is 2.62. The minimum absolute atomic E-state index is 0.252. The average Bonchev–Trinajstić information content (AvgIpc) is 3.45. The normalized spacial score (nSPS) is 34.0. The highest BCUT2D eigenvalue weighted by Gasteiger charge is 2.58. The van der Waals surface area contributed by atoms with Crippen molar-refractivity contribution in [2.24, 2.45) is 5.92 Å². The van der Waals surface area contributed by atoms with Crippen LogP contribution in [0.25, 0.3) is 16.7 Å². The minimum atomic E-state index is -0.456. The molecule has 3 saturated carbocycles. The first kappa shape index (κ1) is 20.2. The van der Waals surface area contributed by atoms with Gasteiger partial charge in [-0.25, -0.2) is 9.67 Å². The number of piperazine rings is 1. The van der Waals surface area contributed by atoms with Crippen molar-refractivity contribution >= 4 is 28.5 Å². The van der Waals surface area contributed by atoms with E-state index in [1.54, 1.807) is 0 Å². The van der Waals surface area contributed by atoms with Crippen LogP contribution >= 0.6 is 11.6 Å². The third kappa shape index (κ3) is 2.86. The molecule has 2 atom stereocenters. The maximum atomic E-state index is 10.4. The predicted octanol–water partition coefficient (Wildman–Crippen LogP) is 2.05. The van der Waals surface area contributed by atoms with E-state index in [1.165, 1.54) is 19.3 Å². The van der Waals surface area contributed by atoms with Gasteiger partial charge in [0.2, 0.25) is 0 Å². The number of pyridine rings is 1. The number of hydrogen-bond donors (Lipinski definition) is 1. The van der Waals surface area contributed by atoms with Crippen LogP contribution in [-0.2, 0) is 10.3 Å². The SMILES string of the molecule is CC1(N2CCN(c3nc4c(cnn4-c4cnn(C56CC(C5)C6)c4)cc3Cl)CC2)COCC1O. The fourth-order valence-electron chi connectivity index (χ4n) is 6.11. The summed E-state index contributed by atoms with van der Waals surface area (Å²) in [6, 6.07) is 1.95. The molecule has 10 heteroatoms. The van der Waals surface area contributed by atoms with Crippen molar-refractivity contribution in [3.05, 3.63) is 29.7 Å². The van der Waals surface area contributed by atoms with Gasteiger partial charge in [-0.1, -0.05) is 11.6 Å². The van der Waals surface area contributed by atoms with E-state index in [-0.39, 0.29) is 11.1 Å². The van der Waals surface area contributed by atoms with E-state index in [2.05, 4.69) is 37.8 Å². The molecule has 5 fully saturated rings. The molecule has 2 unspecified atom stereocenters. The van der Waals surface area contributed by atoms with Gasteiger partial charge in [0.15, 0.2) is 5.65 Å². The monoisotopic (exact) mass is 469 g/mol. The van der Waals surface area contributed by atoms with Gasteiger partial charge in [-0.3, -0.25) is 9.58 Å². The van der Waals surface area contributed by atoms with E-state index in [9.17, 15) is 5.11 Å². The average molecular weight is 470 g/mol. The first-order valence-corrected chi connectivity index (χ1v) is 12.2. The second-order valence-corrected chi connectivity index (χ2v) is 10.9. The quantitative estimate of drug-likeness (QED) is 0.626. The minimum Gasteiger partial charge on any atom is -0.389 e. The fourth-order valence-corrected chi connectivity index (χ4v) is 6.39. The Morgan fingerprint density at radius 2 is 1.91 bits per heavy atom. The molecule has 2 aliphatic heterocycles. The van der Waals surface area contributed by atoms with Gasteiger partial charge >= 0.3 is 0 Å². The van der Waals surface area contributed by atoms with Gasteiger partial charge in [-0.2, -0.15) is 10.2 Å². The largest absolute Gasteiger partial charge is 0.389 e. The Labute approximate surface area is 196 Å². The van der Waals surface area contributed by atoms with Gasteiger partial charge < -0.3 is 14.7 Å². The van der Waals surface area contributed by atoms with Crippen LogP contribution in [0.1, 0.15) is 26.2 Å². The van der Waals surface area contributed by atoms with Crippen LogP contribution in [0.3, 0.4) is 0 Å². The smallest absolute Gasteiger partial charge is 0.165 e. The van der Waals surface area contributed by atoms with Crippen molar-refractivity contribution in [2.45, 2.75) is 43.4 Å². The number of hydrogen-bond acceptors (Lipinski definition) is 7. The van der Waals surface area contributed by atoms with Crippen LogP contribution in [0, 0.1) is 5.92 Å². The second kappa shape index (κ2) is 6.91. The van der Waals surface area contributed by atoms with Gasteiger partial charge in [0.05, 0.1) is 54.0 Å². The summed E-state index contributed by atoms with van der Waals surface area (Å²) in [5.41, 5.74) is 1.65. The summed E-state index contributed by atoms with van der Waals surface area (Å²) in [6.07, 6.45) is 9.10. The number of aliphatic hydroxyl groups excluding tert-OH is 1. The van der Waals surface area contributed by atoms with Crippen LogP contribution in [0.15, 0.2) is 24.7 Å². The van der Waals surface area contributed by atoms with E-state index in [4.69, 9.17) is 21.3 Å². The number of fused-ring (bicyclic) bond motifs is 1. The Kier molecular flexibility index (Phi) is 4.23. The first-order valence-electron chi connectivity index (χ1n) is 11.8. The molecule has 8 rings (SSSR count). The number of halogens is 1. The lowest BCUT2D eigenvalue weighted by atomic mass is 9.50. The fraction of sp³-hybridized carbons (Fsp3) is 0.609. The summed E-state index contributed by atoms with van der Waals surface area (Å²) >= 11 is 6.67. The first-order chi connectivity index (χ1) is 16.0. The second-order valence-electron chi connectivity index (χ2n) is 10.5. The zero-order chi connectivity index (χ0) is 22.4. The molecule has 3 aliphatic carbocycles. The Hall–Kier alpha value is -2.20. The summed E-state index contributed by atoms with van der Waals surface area (Å²) in [5, 5.41) is 21.2. The zero-order valence-corrected chi connectivity index (χ0v) is 19.4. The van der Waals surface area contributed by atoms with Crippen LogP contribution in [0.4, 0.5) is 5.82 Å². The molecule has 0 radical (unpaired) electrons. The number of anilines is 1. The van der Waals surface area contributed by atoms with Crippen LogP contribution in [0.5, 0.6) is 0 Å². The Morgan fingerprint density at radius 3 is 2.58 bits per heavy atom. The summed E-state index contributed by atoms with van der Waals surface area (Å²) in [6.45, 7) is 6.27. The van der Waals surface area contributed by atoms with E-state index < -0.39 is 6.10 Å². The Balaban J connectivity index is 1.16. The molecule has 33 heavy (non-hydrogen) atoms. The van der Waals surface area contributed by atoms with E-state index in [0.717, 1.165) is 54.6 Å². The van der Waals surface area contributed by atoms with Crippen molar-refractivity contribution in [2.75, 3.05) is 44.3 Å². The molecular formula is C23H28ClN7O2. The number of rotatable bonds is 4. The molecule has 1 N–H and O–H groups in total. The van der Waals surface area contributed by atoms with E-state index in [0.29, 0.717) is 18.2 Å². The molecule has 0 aromatic carbocycles. The highest BCUT2D eigenvalue weighted by atomic mass is 35.5. The number of nitrogens with zero attached hydrogens (tertiary/aromatic N) is 7. The van der Waals surface area contributed by atoms with Crippen LogP contribution in [-0.4, -0.2) is 85.6 Å². The molecule has 3 aromatic heterocycles. The topological polar surface area (TPSA) is 84.5 Å². The maximum Gasteiger partial charge on any atom is 0.165 e. The summed E-state index contributed by atoms with van der Waals surface area (Å²) in [7, 11) is 0. The van der Waals surface area contributed by atoms with Gasteiger partial charge in [0, 0.05) is 31.6 Å². The molecular weight excluding hydrogens is 442 g/mol.